The third kappa shape index (κ3) is 4.57. The lowest BCUT2D eigenvalue weighted by Crippen LogP contribution is -2.02. The molecule has 0 saturated heterocycles. The number of nitrogens with zero attached hydrogens (tertiary/aromatic N) is 1. The number of anilines is 1. The number of methoxy groups -OCH3 is 1. The fourth-order valence-electron chi connectivity index (χ4n) is 1.37. The van der Waals surface area contributed by atoms with Crippen LogP contribution >= 0.6 is 31.9 Å². The Labute approximate surface area is 118 Å². The maximum Gasteiger partial charge on any atom is 0.135 e. The predicted molar refractivity (Wildman–Crippen MR) is 76.3 cm³/mol. The van der Waals surface area contributed by atoms with Crippen molar-refractivity contribution in [3.63, 3.8) is 0 Å². The molecule has 1 aromatic carbocycles. The van der Waals surface area contributed by atoms with E-state index < -0.39 is 0 Å². The maximum atomic E-state index is 8.43. The molecule has 0 fully saturated rings. The second-order valence-corrected chi connectivity index (χ2v) is 5.22. The lowest BCUT2D eigenvalue weighted by Gasteiger charge is -2.11. The molecule has 1 aromatic rings. The molecule has 0 heterocycles. The van der Waals surface area contributed by atoms with E-state index in [-0.39, 0.29) is 0 Å². The first-order valence-electron chi connectivity index (χ1n) is 5.33. The first kappa shape index (κ1) is 14.3. The summed E-state index contributed by atoms with van der Waals surface area (Å²) in [7, 11) is 1.64. The van der Waals surface area contributed by atoms with Gasteiger partial charge in [-0.15, -0.1) is 0 Å². The van der Waals surface area contributed by atoms with Crippen molar-refractivity contribution in [3.05, 3.63) is 21.1 Å². The summed E-state index contributed by atoms with van der Waals surface area (Å²) in [5.74, 6) is 0.799. The number of hydrogen-bond acceptors (Lipinski definition) is 3. The molecule has 0 amide bonds. The van der Waals surface area contributed by atoms with Gasteiger partial charge in [-0.1, -0.05) is 0 Å². The Balaban J connectivity index is 2.56. The van der Waals surface area contributed by atoms with Gasteiger partial charge in [0.15, 0.2) is 0 Å². The largest absolute Gasteiger partial charge is 0.495 e. The smallest absolute Gasteiger partial charge is 0.135 e. The van der Waals surface area contributed by atoms with Crippen LogP contribution in [0.5, 0.6) is 5.75 Å². The lowest BCUT2D eigenvalue weighted by molar-refractivity contribution is 0.412. The maximum absolute atomic E-state index is 8.43. The number of nitriles is 1. The molecule has 0 atom stereocenters. The summed E-state index contributed by atoms with van der Waals surface area (Å²) >= 11 is 6.92. The van der Waals surface area contributed by atoms with Crippen molar-refractivity contribution in [1.82, 2.24) is 0 Å². The normalized spacial score (nSPS) is 9.76. The molecule has 92 valence electrons. The highest BCUT2D eigenvalue weighted by atomic mass is 79.9. The highest BCUT2D eigenvalue weighted by Crippen LogP contribution is 2.34. The molecule has 0 radical (unpaired) electrons. The van der Waals surface area contributed by atoms with Gasteiger partial charge in [0, 0.05) is 23.5 Å². The molecular weight excluding hydrogens is 348 g/mol. The van der Waals surface area contributed by atoms with E-state index in [1.807, 2.05) is 12.1 Å². The van der Waals surface area contributed by atoms with Gasteiger partial charge in [0.1, 0.15) is 5.75 Å². The molecule has 0 unspecified atom stereocenters. The predicted octanol–water partition coefficient (Wildman–Crippen LogP) is 4.33. The molecule has 0 spiro atoms. The van der Waals surface area contributed by atoms with E-state index in [1.165, 1.54) is 0 Å². The summed E-state index contributed by atoms with van der Waals surface area (Å²) in [4.78, 5) is 0. The fourth-order valence-corrected chi connectivity index (χ4v) is 2.67. The van der Waals surface area contributed by atoms with Crippen LogP contribution in [0.15, 0.2) is 21.1 Å². The number of nitrogens with one attached hydrogen (secondary N) is 1. The molecular formula is C12H14Br2N2O. The van der Waals surface area contributed by atoms with Crippen molar-refractivity contribution in [2.24, 2.45) is 0 Å². The minimum atomic E-state index is 0.618. The summed E-state index contributed by atoms with van der Waals surface area (Å²) in [5, 5.41) is 11.7. The number of unbranched alkanes of at least 4 members (excludes halogenated alkanes) is 2. The van der Waals surface area contributed by atoms with Crippen LogP contribution in [0.3, 0.4) is 0 Å². The Morgan fingerprint density at radius 3 is 2.71 bits per heavy atom. The van der Waals surface area contributed by atoms with Crippen LogP contribution < -0.4 is 10.1 Å². The van der Waals surface area contributed by atoms with Crippen LogP contribution in [0.2, 0.25) is 0 Å². The Morgan fingerprint density at radius 1 is 1.29 bits per heavy atom. The van der Waals surface area contributed by atoms with Crippen LogP contribution in [-0.2, 0) is 0 Å². The molecule has 0 bridgehead atoms. The van der Waals surface area contributed by atoms with Gasteiger partial charge >= 0.3 is 0 Å². The minimum absolute atomic E-state index is 0.618. The average molecular weight is 362 g/mol. The SMILES string of the molecule is COc1cc(NCCCCC#N)c(Br)cc1Br. The second kappa shape index (κ2) is 7.57. The standard InChI is InChI=1S/C12H14Br2N2O/c1-17-12-8-11(9(13)7-10(12)14)16-6-4-2-3-5-15/h7-8,16H,2-4,6H2,1H3. The van der Waals surface area contributed by atoms with Crippen molar-refractivity contribution < 1.29 is 4.74 Å². The zero-order chi connectivity index (χ0) is 12.7. The van der Waals surface area contributed by atoms with Gasteiger partial charge in [-0.3, -0.25) is 0 Å². The monoisotopic (exact) mass is 360 g/mol. The Kier molecular flexibility index (Phi) is 6.38. The third-order valence-corrected chi connectivity index (χ3v) is 3.55. The molecule has 0 aromatic heterocycles. The number of halogens is 2. The molecule has 3 nitrogen and oxygen atoms in total. The van der Waals surface area contributed by atoms with Crippen molar-refractivity contribution in [2.45, 2.75) is 19.3 Å². The average Bonchev–Trinajstić information content (AvgIpc) is 2.31. The van der Waals surface area contributed by atoms with Gasteiger partial charge in [0.25, 0.3) is 0 Å². The first-order chi connectivity index (χ1) is 8.19. The number of ether oxygens (including phenoxy) is 1. The topological polar surface area (TPSA) is 45.0 Å². The van der Waals surface area contributed by atoms with Crippen LogP contribution in [0.1, 0.15) is 19.3 Å². The molecule has 0 aliphatic carbocycles. The number of rotatable bonds is 6. The summed E-state index contributed by atoms with van der Waals surface area (Å²) in [6, 6.07) is 6.04. The van der Waals surface area contributed by atoms with Crippen molar-refractivity contribution >= 4 is 37.5 Å². The van der Waals surface area contributed by atoms with Gasteiger partial charge < -0.3 is 10.1 Å². The van der Waals surface area contributed by atoms with E-state index in [2.05, 4.69) is 43.2 Å². The molecule has 1 N–H and O–H groups in total. The Morgan fingerprint density at radius 2 is 2.06 bits per heavy atom. The van der Waals surface area contributed by atoms with E-state index in [1.54, 1.807) is 7.11 Å². The third-order valence-electron chi connectivity index (χ3n) is 2.27. The molecule has 0 aliphatic rings. The van der Waals surface area contributed by atoms with Gasteiger partial charge in [-0.2, -0.15) is 5.26 Å². The van der Waals surface area contributed by atoms with E-state index in [0.29, 0.717) is 6.42 Å². The Hall–Kier alpha value is -0.730. The molecule has 0 aliphatic heterocycles. The van der Waals surface area contributed by atoms with E-state index in [9.17, 15) is 0 Å². The van der Waals surface area contributed by atoms with Gasteiger partial charge in [-0.05, 0) is 50.8 Å². The van der Waals surface area contributed by atoms with E-state index in [0.717, 1.165) is 39.8 Å². The zero-order valence-corrected chi connectivity index (χ0v) is 12.8. The van der Waals surface area contributed by atoms with Crippen LogP contribution in [-0.4, -0.2) is 13.7 Å². The van der Waals surface area contributed by atoms with E-state index >= 15 is 0 Å². The van der Waals surface area contributed by atoms with Crippen LogP contribution in [0.4, 0.5) is 5.69 Å². The van der Waals surface area contributed by atoms with Crippen LogP contribution in [0, 0.1) is 11.3 Å². The van der Waals surface area contributed by atoms with Crippen molar-refractivity contribution in [2.75, 3.05) is 19.0 Å². The lowest BCUT2D eigenvalue weighted by atomic mass is 10.2. The highest BCUT2D eigenvalue weighted by molar-refractivity contribution is 9.11. The first-order valence-corrected chi connectivity index (χ1v) is 6.91. The number of hydrogen-bond donors (Lipinski definition) is 1. The molecule has 5 heteroatoms. The fraction of sp³-hybridized carbons (Fsp3) is 0.417. The summed E-state index contributed by atoms with van der Waals surface area (Å²) < 4.78 is 7.14. The Bertz CT molecular complexity index is 416. The number of benzene rings is 1. The van der Waals surface area contributed by atoms with Gasteiger partial charge in [-0.25, -0.2) is 0 Å². The molecule has 1 rings (SSSR count). The summed E-state index contributed by atoms with van der Waals surface area (Å²) in [6.07, 6.45) is 2.53. The highest BCUT2D eigenvalue weighted by Gasteiger charge is 2.06. The van der Waals surface area contributed by atoms with Crippen molar-refractivity contribution in [3.8, 4) is 11.8 Å². The minimum Gasteiger partial charge on any atom is -0.495 e. The van der Waals surface area contributed by atoms with Gasteiger partial charge in [0.2, 0.25) is 0 Å². The van der Waals surface area contributed by atoms with Crippen LogP contribution in [0.25, 0.3) is 0 Å². The van der Waals surface area contributed by atoms with E-state index in [4.69, 9.17) is 10.00 Å². The zero-order valence-electron chi connectivity index (χ0n) is 9.59. The van der Waals surface area contributed by atoms with Gasteiger partial charge in [0.05, 0.1) is 23.3 Å². The quantitative estimate of drug-likeness (QED) is 0.767. The molecule has 17 heavy (non-hydrogen) atoms. The summed E-state index contributed by atoms with van der Waals surface area (Å²) in [5.41, 5.74) is 1.00. The molecule has 0 saturated carbocycles. The second-order valence-electron chi connectivity index (χ2n) is 3.51. The van der Waals surface area contributed by atoms with Crippen molar-refractivity contribution in [1.29, 1.82) is 5.26 Å². The summed E-state index contributed by atoms with van der Waals surface area (Å²) in [6.45, 7) is 0.852.